The molecule has 1 fully saturated rings. The lowest BCUT2D eigenvalue weighted by Crippen LogP contribution is -2.31. The summed E-state index contributed by atoms with van der Waals surface area (Å²) in [5.41, 5.74) is 0.583. The number of benzene rings is 1. The minimum atomic E-state index is -0.0946. The van der Waals surface area contributed by atoms with Gasteiger partial charge in [-0.25, -0.2) is 0 Å². The summed E-state index contributed by atoms with van der Waals surface area (Å²) in [6.45, 7) is 1.15. The number of halogens is 1. The summed E-state index contributed by atoms with van der Waals surface area (Å²) in [7, 11) is 5.39. The van der Waals surface area contributed by atoms with Gasteiger partial charge in [0.2, 0.25) is 5.88 Å². The standard InChI is InChI=1S/C18H21BrN4O3/c1-22(2)16-6-7-17(21-20-16)26-13-8-9-23(11-13)18(24)14-10-12(25-3)4-5-15(14)19/h4-7,10,13H,8-9,11H2,1-3H3. The topological polar surface area (TPSA) is 67.8 Å². The van der Waals surface area contributed by atoms with Crippen molar-refractivity contribution in [1.29, 1.82) is 0 Å². The number of hydrogen-bond acceptors (Lipinski definition) is 6. The van der Waals surface area contributed by atoms with Crippen LogP contribution in [-0.2, 0) is 0 Å². The Labute approximate surface area is 161 Å². The Kier molecular flexibility index (Phi) is 5.61. The Hall–Kier alpha value is -2.35. The van der Waals surface area contributed by atoms with Crippen LogP contribution in [0.1, 0.15) is 16.8 Å². The van der Waals surface area contributed by atoms with Crippen LogP contribution in [0.2, 0.25) is 0 Å². The Morgan fingerprint density at radius 1 is 1.27 bits per heavy atom. The molecule has 138 valence electrons. The molecule has 8 heteroatoms. The van der Waals surface area contributed by atoms with Gasteiger partial charge in [0.25, 0.3) is 5.91 Å². The molecule has 2 aromatic rings. The molecule has 1 aliphatic rings. The highest BCUT2D eigenvalue weighted by Crippen LogP contribution is 2.26. The van der Waals surface area contributed by atoms with E-state index in [1.54, 1.807) is 24.1 Å². The summed E-state index contributed by atoms with van der Waals surface area (Å²) in [6, 6.07) is 9.02. The molecule has 1 atom stereocenters. The fourth-order valence-electron chi connectivity index (χ4n) is 2.76. The Morgan fingerprint density at radius 3 is 2.73 bits per heavy atom. The van der Waals surface area contributed by atoms with Crippen LogP contribution >= 0.6 is 15.9 Å². The summed E-state index contributed by atoms with van der Waals surface area (Å²) < 4.78 is 11.8. The minimum Gasteiger partial charge on any atom is -0.497 e. The van der Waals surface area contributed by atoms with Gasteiger partial charge in [0.05, 0.1) is 19.2 Å². The monoisotopic (exact) mass is 420 g/mol. The van der Waals surface area contributed by atoms with Gasteiger partial charge in [0, 0.05) is 37.6 Å². The third-order valence-corrected chi connectivity index (χ3v) is 4.90. The largest absolute Gasteiger partial charge is 0.497 e. The molecule has 0 N–H and O–H groups in total. The normalized spacial score (nSPS) is 16.5. The van der Waals surface area contributed by atoms with Crippen molar-refractivity contribution >= 4 is 27.7 Å². The molecule has 1 aliphatic heterocycles. The molecule has 1 saturated heterocycles. The van der Waals surface area contributed by atoms with Gasteiger partial charge in [-0.15, -0.1) is 10.2 Å². The van der Waals surface area contributed by atoms with Gasteiger partial charge in [-0.1, -0.05) is 0 Å². The number of hydrogen-bond donors (Lipinski definition) is 0. The van der Waals surface area contributed by atoms with E-state index in [1.807, 2.05) is 37.2 Å². The second kappa shape index (κ2) is 7.90. The first-order valence-corrected chi connectivity index (χ1v) is 9.07. The van der Waals surface area contributed by atoms with Gasteiger partial charge in [0.1, 0.15) is 11.9 Å². The predicted octanol–water partition coefficient (Wildman–Crippen LogP) is 2.61. The molecule has 0 radical (unpaired) electrons. The van der Waals surface area contributed by atoms with Crippen LogP contribution in [0, 0.1) is 0 Å². The van der Waals surface area contributed by atoms with Crippen LogP contribution in [0.4, 0.5) is 5.82 Å². The van der Waals surface area contributed by atoms with Gasteiger partial charge in [-0.2, -0.15) is 0 Å². The number of methoxy groups -OCH3 is 1. The summed E-state index contributed by atoms with van der Waals surface area (Å²) in [5.74, 6) is 1.84. The van der Waals surface area contributed by atoms with Gasteiger partial charge in [-0.05, 0) is 40.2 Å². The Bertz CT molecular complexity index is 783. The zero-order valence-electron chi connectivity index (χ0n) is 15.0. The maximum absolute atomic E-state index is 12.8. The van der Waals surface area contributed by atoms with Crippen molar-refractivity contribution in [3.8, 4) is 11.6 Å². The molecule has 0 aliphatic carbocycles. The zero-order chi connectivity index (χ0) is 18.7. The quantitative estimate of drug-likeness (QED) is 0.740. The summed E-state index contributed by atoms with van der Waals surface area (Å²) in [6.07, 6.45) is 0.660. The molecule has 0 saturated carbocycles. The predicted molar refractivity (Wildman–Crippen MR) is 102 cm³/mol. The molecule has 1 aromatic heterocycles. The van der Waals surface area contributed by atoms with Gasteiger partial charge >= 0.3 is 0 Å². The number of anilines is 1. The van der Waals surface area contributed by atoms with E-state index in [1.165, 1.54) is 0 Å². The van der Waals surface area contributed by atoms with Gasteiger partial charge < -0.3 is 19.3 Å². The lowest BCUT2D eigenvalue weighted by atomic mass is 10.2. The lowest BCUT2D eigenvalue weighted by Gasteiger charge is -2.18. The van der Waals surface area contributed by atoms with E-state index in [0.29, 0.717) is 30.3 Å². The Balaban J connectivity index is 1.64. The van der Waals surface area contributed by atoms with E-state index in [0.717, 1.165) is 16.7 Å². The molecule has 26 heavy (non-hydrogen) atoms. The number of carbonyl (C=O) groups is 1. The number of rotatable bonds is 5. The zero-order valence-corrected chi connectivity index (χ0v) is 16.6. The highest BCUT2D eigenvalue weighted by molar-refractivity contribution is 9.10. The van der Waals surface area contributed by atoms with E-state index >= 15 is 0 Å². The smallest absolute Gasteiger partial charge is 0.255 e. The van der Waals surface area contributed by atoms with Crippen LogP contribution < -0.4 is 14.4 Å². The van der Waals surface area contributed by atoms with Gasteiger partial charge in [-0.3, -0.25) is 4.79 Å². The van der Waals surface area contributed by atoms with Crippen LogP contribution in [0.15, 0.2) is 34.8 Å². The molecular formula is C18H21BrN4O3. The van der Waals surface area contributed by atoms with E-state index in [4.69, 9.17) is 9.47 Å². The molecule has 0 bridgehead atoms. The highest BCUT2D eigenvalue weighted by atomic mass is 79.9. The molecule has 1 aromatic carbocycles. The van der Waals surface area contributed by atoms with E-state index in [-0.39, 0.29) is 12.0 Å². The van der Waals surface area contributed by atoms with Crippen molar-refractivity contribution in [2.45, 2.75) is 12.5 Å². The number of aromatic nitrogens is 2. The third-order valence-electron chi connectivity index (χ3n) is 4.21. The van der Waals surface area contributed by atoms with Crippen molar-refractivity contribution < 1.29 is 14.3 Å². The molecule has 2 heterocycles. The SMILES string of the molecule is COc1ccc(Br)c(C(=O)N2CCC(Oc3ccc(N(C)C)nn3)C2)c1. The molecule has 0 spiro atoms. The first-order valence-electron chi connectivity index (χ1n) is 8.28. The van der Waals surface area contributed by atoms with Crippen molar-refractivity contribution in [3.63, 3.8) is 0 Å². The maximum Gasteiger partial charge on any atom is 0.255 e. The molecule has 1 amide bonds. The molecule has 3 rings (SSSR count). The number of likely N-dealkylation sites (tertiary alicyclic amines) is 1. The number of amides is 1. The average Bonchev–Trinajstić information content (AvgIpc) is 3.10. The number of ether oxygens (including phenoxy) is 2. The van der Waals surface area contributed by atoms with Crippen molar-refractivity contribution in [2.75, 3.05) is 39.2 Å². The molecular weight excluding hydrogens is 400 g/mol. The lowest BCUT2D eigenvalue weighted by molar-refractivity contribution is 0.0769. The first kappa shape index (κ1) is 18.4. The van der Waals surface area contributed by atoms with Crippen LogP contribution in [0.25, 0.3) is 0 Å². The fraction of sp³-hybridized carbons (Fsp3) is 0.389. The molecule has 1 unspecified atom stereocenters. The van der Waals surface area contributed by atoms with E-state index in [9.17, 15) is 4.79 Å². The second-order valence-corrected chi connectivity index (χ2v) is 7.10. The van der Waals surface area contributed by atoms with Gasteiger partial charge in [0.15, 0.2) is 5.82 Å². The highest BCUT2D eigenvalue weighted by Gasteiger charge is 2.29. The molecule has 7 nitrogen and oxygen atoms in total. The first-order chi connectivity index (χ1) is 12.5. The second-order valence-electron chi connectivity index (χ2n) is 6.25. The Morgan fingerprint density at radius 2 is 2.08 bits per heavy atom. The fourth-order valence-corrected chi connectivity index (χ4v) is 3.18. The summed E-state index contributed by atoms with van der Waals surface area (Å²) >= 11 is 3.44. The summed E-state index contributed by atoms with van der Waals surface area (Å²) in [4.78, 5) is 16.5. The minimum absolute atomic E-state index is 0.0454. The third kappa shape index (κ3) is 4.07. The summed E-state index contributed by atoms with van der Waals surface area (Å²) in [5, 5.41) is 8.19. The van der Waals surface area contributed by atoms with E-state index < -0.39 is 0 Å². The maximum atomic E-state index is 12.8. The van der Waals surface area contributed by atoms with E-state index in [2.05, 4.69) is 26.1 Å². The van der Waals surface area contributed by atoms with Crippen LogP contribution in [-0.4, -0.2) is 61.4 Å². The van der Waals surface area contributed by atoms with Crippen molar-refractivity contribution in [2.24, 2.45) is 0 Å². The average molecular weight is 421 g/mol. The van der Waals surface area contributed by atoms with Crippen molar-refractivity contribution in [1.82, 2.24) is 15.1 Å². The number of carbonyl (C=O) groups excluding carboxylic acids is 1. The van der Waals surface area contributed by atoms with Crippen LogP contribution in [0.3, 0.4) is 0 Å². The van der Waals surface area contributed by atoms with Crippen molar-refractivity contribution in [3.05, 3.63) is 40.4 Å². The van der Waals surface area contributed by atoms with Crippen LogP contribution in [0.5, 0.6) is 11.6 Å². The number of nitrogens with zero attached hydrogens (tertiary/aromatic N) is 4.